The highest BCUT2D eigenvalue weighted by atomic mass is 32.1. The standard InChI is InChI=1S/C26H29FN4O4S/c27-19-4-6-20(7-5-19)28-26(36)31-13-9-17(10-14-31)23(25(33)30-11-1-2-12-30)29-24(32)18-3-8-21-22(15-18)35-16-34-21/h3-8,15,17,23H,1-2,9-14,16H2,(H,28,36)(H,29,32). The zero-order chi connectivity index (χ0) is 25.1. The number of carbonyl (C=O) groups is 2. The number of rotatable bonds is 5. The van der Waals surface area contributed by atoms with E-state index in [2.05, 4.69) is 10.6 Å². The summed E-state index contributed by atoms with van der Waals surface area (Å²) in [5.74, 6) is 0.493. The molecule has 8 nitrogen and oxygen atoms in total. The van der Waals surface area contributed by atoms with E-state index < -0.39 is 6.04 Å². The Balaban J connectivity index is 1.24. The number of ether oxygens (including phenoxy) is 2. The Morgan fingerprint density at radius 3 is 2.36 bits per heavy atom. The second-order valence-corrected chi connectivity index (χ2v) is 9.70. The Morgan fingerprint density at radius 2 is 1.64 bits per heavy atom. The van der Waals surface area contributed by atoms with E-state index in [0.717, 1.165) is 31.6 Å². The van der Waals surface area contributed by atoms with Crippen molar-refractivity contribution in [3.63, 3.8) is 0 Å². The van der Waals surface area contributed by atoms with Gasteiger partial charge in [-0.25, -0.2) is 4.39 Å². The number of amides is 2. The van der Waals surface area contributed by atoms with Crippen molar-refractivity contribution < 1.29 is 23.5 Å². The van der Waals surface area contributed by atoms with Crippen molar-refractivity contribution in [2.75, 3.05) is 38.3 Å². The molecule has 1 unspecified atom stereocenters. The molecule has 2 aromatic carbocycles. The molecule has 10 heteroatoms. The van der Waals surface area contributed by atoms with Gasteiger partial charge in [0.2, 0.25) is 12.7 Å². The third kappa shape index (κ3) is 5.38. The van der Waals surface area contributed by atoms with Crippen LogP contribution in [0.15, 0.2) is 42.5 Å². The molecule has 2 aromatic rings. The maximum atomic E-state index is 13.5. The van der Waals surface area contributed by atoms with Gasteiger partial charge in [-0.05, 0) is 86.3 Å². The molecule has 0 aliphatic carbocycles. The van der Waals surface area contributed by atoms with Gasteiger partial charge in [0.05, 0.1) is 0 Å². The molecular formula is C26H29FN4O4S. The van der Waals surface area contributed by atoms with Crippen LogP contribution in [0.1, 0.15) is 36.0 Å². The Bertz CT molecular complexity index is 1130. The Labute approximate surface area is 214 Å². The van der Waals surface area contributed by atoms with E-state index in [1.807, 2.05) is 9.80 Å². The van der Waals surface area contributed by atoms with Gasteiger partial charge in [-0.3, -0.25) is 9.59 Å². The van der Waals surface area contributed by atoms with Crippen LogP contribution in [0.3, 0.4) is 0 Å². The van der Waals surface area contributed by atoms with Crippen LogP contribution in [0.2, 0.25) is 0 Å². The van der Waals surface area contributed by atoms with Gasteiger partial charge in [-0.15, -0.1) is 0 Å². The Hall–Kier alpha value is -3.40. The normalized spacial score (nSPS) is 18.1. The molecule has 3 heterocycles. The highest BCUT2D eigenvalue weighted by molar-refractivity contribution is 7.80. The fourth-order valence-corrected chi connectivity index (χ4v) is 5.25. The lowest BCUT2D eigenvalue weighted by Crippen LogP contribution is -2.54. The van der Waals surface area contributed by atoms with E-state index in [4.69, 9.17) is 21.7 Å². The average Bonchev–Trinajstić information content (AvgIpc) is 3.60. The number of halogens is 1. The largest absolute Gasteiger partial charge is 0.454 e. The molecule has 2 amide bonds. The number of carbonyl (C=O) groups excluding carboxylic acids is 2. The quantitative estimate of drug-likeness (QED) is 0.595. The Kier molecular flexibility index (Phi) is 7.22. The van der Waals surface area contributed by atoms with E-state index in [1.165, 1.54) is 12.1 Å². The minimum atomic E-state index is -0.609. The second-order valence-electron chi connectivity index (χ2n) is 9.31. The number of piperidine rings is 1. The predicted octanol–water partition coefficient (Wildman–Crippen LogP) is 3.38. The SMILES string of the molecule is O=C(NC(C(=O)N1CCCC1)C1CCN(C(=S)Nc2ccc(F)cc2)CC1)c1ccc2c(c1)OCO2. The molecule has 2 N–H and O–H groups in total. The summed E-state index contributed by atoms with van der Waals surface area (Å²) >= 11 is 5.56. The van der Waals surface area contributed by atoms with E-state index in [0.29, 0.717) is 48.1 Å². The summed E-state index contributed by atoms with van der Waals surface area (Å²) in [5, 5.41) is 6.74. The highest BCUT2D eigenvalue weighted by Crippen LogP contribution is 2.33. The van der Waals surface area contributed by atoms with Crippen LogP contribution in [0.4, 0.5) is 10.1 Å². The van der Waals surface area contributed by atoms with Crippen molar-refractivity contribution in [1.82, 2.24) is 15.1 Å². The first-order valence-electron chi connectivity index (χ1n) is 12.3. The van der Waals surface area contributed by atoms with E-state index in [-0.39, 0.29) is 30.3 Å². The minimum absolute atomic E-state index is 0.0130. The molecule has 36 heavy (non-hydrogen) atoms. The number of thiocarbonyl (C=S) groups is 1. The first-order chi connectivity index (χ1) is 17.5. The first kappa shape index (κ1) is 24.3. The van der Waals surface area contributed by atoms with Gasteiger partial charge in [-0.1, -0.05) is 0 Å². The van der Waals surface area contributed by atoms with Crippen LogP contribution in [-0.2, 0) is 4.79 Å². The number of fused-ring (bicyclic) bond motifs is 1. The lowest BCUT2D eigenvalue weighted by Gasteiger charge is -2.38. The fourth-order valence-electron chi connectivity index (χ4n) is 4.95. The molecule has 0 radical (unpaired) electrons. The fraction of sp³-hybridized carbons (Fsp3) is 0.423. The molecule has 190 valence electrons. The number of hydrogen-bond donors (Lipinski definition) is 2. The first-order valence-corrected chi connectivity index (χ1v) is 12.7. The Morgan fingerprint density at radius 1 is 0.944 bits per heavy atom. The molecule has 0 bridgehead atoms. The van der Waals surface area contributed by atoms with Crippen LogP contribution < -0.4 is 20.1 Å². The van der Waals surface area contributed by atoms with Gasteiger partial charge >= 0.3 is 0 Å². The van der Waals surface area contributed by atoms with Crippen LogP contribution in [-0.4, -0.2) is 65.7 Å². The maximum absolute atomic E-state index is 13.5. The summed E-state index contributed by atoms with van der Waals surface area (Å²) in [4.78, 5) is 30.5. The summed E-state index contributed by atoms with van der Waals surface area (Å²) in [7, 11) is 0. The average molecular weight is 513 g/mol. The zero-order valence-corrected chi connectivity index (χ0v) is 20.7. The topological polar surface area (TPSA) is 83.1 Å². The van der Waals surface area contributed by atoms with E-state index >= 15 is 0 Å². The van der Waals surface area contributed by atoms with Gasteiger partial charge in [0, 0.05) is 37.4 Å². The van der Waals surface area contributed by atoms with Crippen LogP contribution >= 0.6 is 12.2 Å². The summed E-state index contributed by atoms with van der Waals surface area (Å²) in [6.07, 6.45) is 3.38. The number of hydrogen-bond acceptors (Lipinski definition) is 5. The lowest BCUT2D eigenvalue weighted by atomic mass is 9.88. The summed E-state index contributed by atoms with van der Waals surface area (Å²) in [6, 6.07) is 10.5. The van der Waals surface area contributed by atoms with E-state index in [9.17, 15) is 14.0 Å². The summed E-state index contributed by atoms with van der Waals surface area (Å²) in [6.45, 7) is 2.88. The van der Waals surface area contributed by atoms with Crippen LogP contribution in [0, 0.1) is 11.7 Å². The number of nitrogens with one attached hydrogen (secondary N) is 2. The van der Waals surface area contributed by atoms with Crippen molar-refractivity contribution in [1.29, 1.82) is 0 Å². The summed E-state index contributed by atoms with van der Waals surface area (Å²) in [5.41, 5.74) is 1.15. The second kappa shape index (κ2) is 10.7. The van der Waals surface area contributed by atoms with Gasteiger partial charge in [0.25, 0.3) is 5.91 Å². The maximum Gasteiger partial charge on any atom is 0.252 e. The minimum Gasteiger partial charge on any atom is -0.454 e. The van der Waals surface area contributed by atoms with Crippen LogP contribution in [0.25, 0.3) is 0 Å². The van der Waals surface area contributed by atoms with Gasteiger partial charge < -0.3 is 29.9 Å². The molecule has 0 saturated carbocycles. The van der Waals surface area contributed by atoms with Gasteiger partial charge in [0.1, 0.15) is 11.9 Å². The van der Waals surface area contributed by atoms with Crippen molar-refractivity contribution in [2.24, 2.45) is 5.92 Å². The highest BCUT2D eigenvalue weighted by Gasteiger charge is 2.36. The molecule has 0 aromatic heterocycles. The molecule has 3 aliphatic heterocycles. The zero-order valence-electron chi connectivity index (χ0n) is 19.9. The number of likely N-dealkylation sites (tertiary alicyclic amines) is 2. The smallest absolute Gasteiger partial charge is 0.252 e. The molecule has 2 saturated heterocycles. The third-order valence-corrected chi connectivity index (χ3v) is 7.36. The monoisotopic (exact) mass is 512 g/mol. The van der Waals surface area contributed by atoms with Gasteiger partial charge in [0.15, 0.2) is 16.6 Å². The molecule has 1 atom stereocenters. The van der Waals surface area contributed by atoms with Crippen molar-refractivity contribution in [3.8, 4) is 11.5 Å². The molecule has 2 fully saturated rings. The van der Waals surface area contributed by atoms with Crippen molar-refractivity contribution in [3.05, 3.63) is 53.8 Å². The lowest BCUT2D eigenvalue weighted by molar-refractivity contribution is -0.134. The van der Waals surface area contributed by atoms with Crippen molar-refractivity contribution >= 4 is 34.8 Å². The molecule has 3 aliphatic rings. The van der Waals surface area contributed by atoms with Gasteiger partial charge in [-0.2, -0.15) is 0 Å². The predicted molar refractivity (Wildman–Crippen MR) is 137 cm³/mol. The third-order valence-electron chi connectivity index (χ3n) is 7.00. The molecule has 5 rings (SSSR count). The van der Waals surface area contributed by atoms with Crippen LogP contribution in [0.5, 0.6) is 11.5 Å². The summed E-state index contributed by atoms with van der Waals surface area (Å²) < 4.78 is 23.9. The molecule has 0 spiro atoms. The number of anilines is 1. The number of nitrogens with zero attached hydrogens (tertiary/aromatic N) is 2. The van der Waals surface area contributed by atoms with Crippen molar-refractivity contribution in [2.45, 2.75) is 31.7 Å². The number of benzene rings is 2. The van der Waals surface area contributed by atoms with E-state index in [1.54, 1.807) is 30.3 Å². The molecular weight excluding hydrogens is 483 g/mol.